The predicted molar refractivity (Wildman–Crippen MR) is 125 cm³/mol. The molecule has 2 aromatic heterocycles. The monoisotopic (exact) mass is 451 g/mol. The summed E-state index contributed by atoms with van der Waals surface area (Å²) in [5.41, 5.74) is 2.98. The number of sulfone groups is 1. The third kappa shape index (κ3) is 5.06. The lowest BCUT2D eigenvalue weighted by molar-refractivity contribution is 0.261. The number of anilines is 2. The fourth-order valence-corrected chi connectivity index (χ4v) is 3.84. The molecule has 0 aliphatic carbocycles. The van der Waals surface area contributed by atoms with Gasteiger partial charge in [0.15, 0.2) is 15.5 Å². The number of nitrogens with one attached hydrogen (secondary N) is 1. The maximum Gasteiger partial charge on any atom is 0.247 e. The summed E-state index contributed by atoms with van der Waals surface area (Å²) in [4.78, 5) is 6.87. The molecule has 0 saturated carbocycles. The standard InChI is InChI=1S/C23H25N5O3S/c1-27(2)14-15-31-19-12-10-18(11-13-19)24-23-25-22-9-5-8-21(28(22)26-23)17-6-4-7-20(16-17)32(3,29)30/h4-13,16H,14-15H2,1-3H3,(H,24,26). The van der Waals surface area contributed by atoms with Crippen LogP contribution in [0.25, 0.3) is 16.9 Å². The van der Waals surface area contributed by atoms with Crippen LogP contribution in [0.1, 0.15) is 0 Å². The quantitative estimate of drug-likeness (QED) is 0.439. The molecular formula is C23H25N5O3S. The predicted octanol–water partition coefficient (Wildman–Crippen LogP) is 3.48. The minimum absolute atomic E-state index is 0.262. The first-order valence-electron chi connectivity index (χ1n) is 10.1. The highest BCUT2D eigenvalue weighted by Gasteiger charge is 2.12. The van der Waals surface area contributed by atoms with E-state index in [2.05, 4.69) is 20.3 Å². The molecule has 2 heterocycles. The largest absolute Gasteiger partial charge is 0.492 e. The minimum atomic E-state index is -3.31. The van der Waals surface area contributed by atoms with Gasteiger partial charge in [-0.25, -0.2) is 12.9 Å². The van der Waals surface area contributed by atoms with Crippen molar-refractivity contribution >= 4 is 27.1 Å². The molecule has 0 bridgehead atoms. The maximum absolute atomic E-state index is 11.9. The molecule has 0 saturated heterocycles. The molecule has 2 aromatic carbocycles. The first-order valence-corrected chi connectivity index (χ1v) is 12.0. The molecule has 0 unspecified atom stereocenters. The topological polar surface area (TPSA) is 88.8 Å². The van der Waals surface area contributed by atoms with E-state index in [1.54, 1.807) is 22.7 Å². The van der Waals surface area contributed by atoms with Gasteiger partial charge in [-0.2, -0.15) is 4.98 Å². The van der Waals surface area contributed by atoms with E-state index in [0.717, 1.165) is 29.2 Å². The third-order valence-electron chi connectivity index (χ3n) is 4.84. The lowest BCUT2D eigenvalue weighted by Gasteiger charge is -2.11. The van der Waals surface area contributed by atoms with Crippen LogP contribution in [0.2, 0.25) is 0 Å². The second-order valence-electron chi connectivity index (χ2n) is 7.72. The van der Waals surface area contributed by atoms with Gasteiger partial charge in [0.2, 0.25) is 5.95 Å². The third-order valence-corrected chi connectivity index (χ3v) is 5.95. The van der Waals surface area contributed by atoms with Crippen molar-refractivity contribution in [2.24, 2.45) is 0 Å². The number of hydrogen-bond acceptors (Lipinski definition) is 7. The van der Waals surface area contributed by atoms with Crippen molar-refractivity contribution in [2.45, 2.75) is 4.90 Å². The van der Waals surface area contributed by atoms with Crippen molar-refractivity contribution in [2.75, 3.05) is 38.8 Å². The van der Waals surface area contributed by atoms with E-state index in [4.69, 9.17) is 4.74 Å². The Morgan fingerprint density at radius 1 is 1.03 bits per heavy atom. The smallest absolute Gasteiger partial charge is 0.247 e. The van der Waals surface area contributed by atoms with Gasteiger partial charge in [-0.15, -0.1) is 5.10 Å². The van der Waals surface area contributed by atoms with Crippen LogP contribution in [0.5, 0.6) is 5.75 Å². The molecule has 0 aliphatic heterocycles. The van der Waals surface area contributed by atoms with Gasteiger partial charge >= 0.3 is 0 Å². The van der Waals surface area contributed by atoms with E-state index < -0.39 is 9.84 Å². The summed E-state index contributed by atoms with van der Waals surface area (Å²) in [6.45, 7) is 1.47. The van der Waals surface area contributed by atoms with Crippen molar-refractivity contribution in [3.63, 3.8) is 0 Å². The molecule has 4 aromatic rings. The Bertz CT molecular complexity index is 1330. The van der Waals surface area contributed by atoms with Gasteiger partial charge in [-0.3, -0.25) is 0 Å². The molecule has 0 aliphatic rings. The van der Waals surface area contributed by atoms with Crippen molar-refractivity contribution in [1.82, 2.24) is 19.5 Å². The average Bonchev–Trinajstić information content (AvgIpc) is 3.16. The zero-order chi connectivity index (χ0) is 22.7. The van der Waals surface area contributed by atoms with Crippen molar-refractivity contribution < 1.29 is 13.2 Å². The Morgan fingerprint density at radius 3 is 2.50 bits per heavy atom. The number of pyridine rings is 1. The lowest BCUT2D eigenvalue weighted by Crippen LogP contribution is -2.19. The molecule has 9 heteroatoms. The van der Waals surface area contributed by atoms with Crippen LogP contribution in [0, 0.1) is 0 Å². The van der Waals surface area contributed by atoms with Gasteiger partial charge in [0.05, 0.1) is 10.6 Å². The second kappa shape index (κ2) is 8.97. The van der Waals surface area contributed by atoms with E-state index in [1.165, 1.54) is 6.26 Å². The van der Waals surface area contributed by atoms with Crippen LogP contribution in [-0.4, -0.2) is 61.4 Å². The fraction of sp³-hybridized carbons (Fsp3) is 0.217. The summed E-state index contributed by atoms with van der Waals surface area (Å²) in [6.07, 6.45) is 1.20. The van der Waals surface area contributed by atoms with E-state index in [9.17, 15) is 8.42 Å². The number of benzene rings is 2. The molecule has 4 rings (SSSR count). The molecule has 0 atom stereocenters. The van der Waals surface area contributed by atoms with Crippen molar-refractivity contribution in [3.05, 3.63) is 66.7 Å². The summed E-state index contributed by atoms with van der Waals surface area (Å²) in [5.74, 6) is 1.24. The summed E-state index contributed by atoms with van der Waals surface area (Å²) in [7, 11) is 0.706. The average molecular weight is 452 g/mol. The molecule has 0 fully saturated rings. The zero-order valence-electron chi connectivity index (χ0n) is 18.2. The first kappa shape index (κ1) is 21.8. The van der Waals surface area contributed by atoms with E-state index >= 15 is 0 Å². The fourth-order valence-electron chi connectivity index (χ4n) is 3.17. The van der Waals surface area contributed by atoms with Crippen LogP contribution in [0.15, 0.2) is 71.6 Å². The van der Waals surface area contributed by atoms with Crippen LogP contribution in [0.3, 0.4) is 0 Å². The summed E-state index contributed by atoms with van der Waals surface area (Å²) in [6, 6.07) is 20.0. The van der Waals surface area contributed by atoms with Crippen LogP contribution >= 0.6 is 0 Å². The van der Waals surface area contributed by atoms with Gasteiger partial charge in [-0.05, 0) is 62.6 Å². The van der Waals surface area contributed by atoms with Gasteiger partial charge in [0.25, 0.3) is 0 Å². The molecule has 8 nitrogen and oxygen atoms in total. The summed E-state index contributed by atoms with van der Waals surface area (Å²) in [5, 5.41) is 7.78. The Balaban J connectivity index is 1.56. The van der Waals surface area contributed by atoms with E-state index in [1.807, 2.05) is 62.6 Å². The highest BCUT2D eigenvalue weighted by Crippen LogP contribution is 2.25. The second-order valence-corrected chi connectivity index (χ2v) is 9.73. The Hall–Kier alpha value is -3.43. The molecule has 1 N–H and O–H groups in total. The molecule has 0 spiro atoms. The highest BCUT2D eigenvalue weighted by atomic mass is 32.2. The molecule has 0 radical (unpaired) electrons. The first-order chi connectivity index (χ1) is 15.3. The molecule has 32 heavy (non-hydrogen) atoms. The number of likely N-dealkylation sites (N-methyl/N-ethyl adjacent to an activating group) is 1. The molecule has 166 valence electrons. The Kier molecular flexibility index (Phi) is 6.11. The van der Waals surface area contributed by atoms with E-state index in [-0.39, 0.29) is 4.90 Å². The van der Waals surface area contributed by atoms with E-state index in [0.29, 0.717) is 18.2 Å². The highest BCUT2D eigenvalue weighted by molar-refractivity contribution is 7.90. The van der Waals surface area contributed by atoms with Crippen LogP contribution in [-0.2, 0) is 9.84 Å². The molecular weight excluding hydrogens is 426 g/mol. The van der Waals surface area contributed by atoms with Crippen LogP contribution in [0.4, 0.5) is 11.6 Å². The normalized spacial score (nSPS) is 11.8. The number of aromatic nitrogens is 3. The number of fused-ring (bicyclic) bond motifs is 1. The lowest BCUT2D eigenvalue weighted by atomic mass is 10.1. The minimum Gasteiger partial charge on any atom is -0.492 e. The Labute approximate surface area is 187 Å². The summed E-state index contributed by atoms with van der Waals surface area (Å²) >= 11 is 0. The maximum atomic E-state index is 11.9. The summed E-state index contributed by atoms with van der Waals surface area (Å²) < 4.78 is 31.3. The molecule has 0 amide bonds. The number of hydrogen-bond donors (Lipinski definition) is 1. The van der Waals surface area contributed by atoms with Gasteiger partial charge < -0.3 is 15.0 Å². The number of nitrogens with zero attached hydrogens (tertiary/aromatic N) is 4. The number of ether oxygens (including phenoxy) is 1. The van der Waals surface area contributed by atoms with Gasteiger partial charge in [0.1, 0.15) is 12.4 Å². The number of rotatable bonds is 8. The van der Waals surface area contributed by atoms with Gasteiger partial charge in [-0.1, -0.05) is 18.2 Å². The SMILES string of the molecule is CN(C)CCOc1ccc(Nc2nc3cccc(-c4cccc(S(C)(=O)=O)c4)n3n2)cc1. The zero-order valence-corrected chi connectivity index (χ0v) is 19.0. The van der Waals surface area contributed by atoms with Crippen molar-refractivity contribution in [3.8, 4) is 17.0 Å². The van der Waals surface area contributed by atoms with Crippen LogP contribution < -0.4 is 10.1 Å². The van der Waals surface area contributed by atoms with Crippen molar-refractivity contribution in [1.29, 1.82) is 0 Å². The Morgan fingerprint density at radius 2 is 1.78 bits per heavy atom. The van der Waals surface area contributed by atoms with Gasteiger partial charge in [0, 0.05) is 24.1 Å².